The van der Waals surface area contributed by atoms with Crippen LogP contribution in [0.3, 0.4) is 0 Å². The highest BCUT2D eigenvalue weighted by molar-refractivity contribution is 5.92. The fraction of sp³-hybridized carbons (Fsp3) is 0.690. The minimum atomic E-state index is 0.175. The standard InChI is InChI=1S/C29H42O/c1-7-21(19(2)3)9-8-20(4)25-12-13-26-24-11-10-22-18-23(30)14-16-28(22,5)27(24)15-17-29(25,26)6/h7,10-11,18-20,25,27H,8-9,12-17H2,1-6H3/b21-7+/t20-,25-,27+,28+,29-/m1/s1. The van der Waals surface area contributed by atoms with Crippen molar-refractivity contribution in [2.75, 3.05) is 0 Å². The van der Waals surface area contributed by atoms with Crippen LogP contribution in [-0.2, 0) is 4.79 Å². The molecule has 1 heteroatoms. The summed E-state index contributed by atoms with van der Waals surface area (Å²) in [4.78, 5) is 12.0. The first kappa shape index (κ1) is 21.8. The molecule has 0 spiro atoms. The lowest BCUT2D eigenvalue weighted by Crippen LogP contribution is -2.41. The molecule has 1 saturated carbocycles. The molecule has 5 atom stereocenters. The lowest BCUT2D eigenvalue weighted by Gasteiger charge is -2.51. The quantitative estimate of drug-likeness (QED) is 0.423. The van der Waals surface area contributed by atoms with Gasteiger partial charge in [0.15, 0.2) is 5.78 Å². The Hall–Kier alpha value is -1.37. The van der Waals surface area contributed by atoms with E-state index in [1.165, 1.54) is 44.1 Å². The fourth-order valence-electron chi connectivity index (χ4n) is 7.63. The number of rotatable bonds is 5. The molecule has 0 N–H and O–H groups in total. The zero-order valence-electron chi connectivity index (χ0n) is 20.2. The molecule has 1 fully saturated rings. The van der Waals surface area contributed by atoms with Gasteiger partial charge in [-0.3, -0.25) is 4.79 Å². The zero-order valence-corrected chi connectivity index (χ0v) is 20.2. The summed E-state index contributed by atoms with van der Waals surface area (Å²) in [5.74, 6) is 3.21. The number of fused-ring (bicyclic) bond motifs is 4. The van der Waals surface area contributed by atoms with Crippen LogP contribution < -0.4 is 0 Å². The van der Waals surface area contributed by atoms with Gasteiger partial charge in [-0.25, -0.2) is 0 Å². The van der Waals surface area contributed by atoms with Crippen molar-refractivity contribution in [1.82, 2.24) is 0 Å². The maximum Gasteiger partial charge on any atom is 0.156 e. The average Bonchev–Trinajstić information content (AvgIpc) is 3.06. The van der Waals surface area contributed by atoms with Crippen LogP contribution in [-0.4, -0.2) is 5.78 Å². The Morgan fingerprint density at radius 3 is 2.57 bits per heavy atom. The van der Waals surface area contributed by atoms with E-state index >= 15 is 0 Å². The van der Waals surface area contributed by atoms with Crippen LogP contribution in [0.5, 0.6) is 0 Å². The first-order chi connectivity index (χ1) is 14.2. The van der Waals surface area contributed by atoms with Gasteiger partial charge in [-0.15, -0.1) is 0 Å². The Morgan fingerprint density at radius 1 is 1.10 bits per heavy atom. The molecule has 0 aliphatic heterocycles. The molecule has 0 saturated heterocycles. The summed E-state index contributed by atoms with van der Waals surface area (Å²) in [6.07, 6.45) is 18.6. The molecule has 0 heterocycles. The summed E-state index contributed by atoms with van der Waals surface area (Å²) in [5.41, 5.74) is 6.91. The lowest BCUT2D eigenvalue weighted by molar-refractivity contribution is -0.116. The molecule has 4 aliphatic carbocycles. The predicted octanol–water partition coefficient (Wildman–Crippen LogP) is 7.99. The second kappa shape index (κ2) is 7.95. The monoisotopic (exact) mass is 406 g/mol. The van der Waals surface area contributed by atoms with Gasteiger partial charge in [0.25, 0.3) is 0 Å². The SMILES string of the molecule is C/C=C(\CC[C@@H](C)[C@H]1CCC2=C3C=CC4=CC(=O)CC[C@]4(C)[C@H]3CC[C@@]21C)C(C)C. The number of carbonyl (C=O) groups is 1. The summed E-state index contributed by atoms with van der Waals surface area (Å²) < 4.78 is 0. The Kier molecular flexibility index (Phi) is 5.79. The number of hydrogen-bond donors (Lipinski definition) is 0. The molecule has 4 aliphatic rings. The highest BCUT2D eigenvalue weighted by Gasteiger charge is 2.53. The van der Waals surface area contributed by atoms with Crippen molar-refractivity contribution in [2.24, 2.45) is 34.5 Å². The topological polar surface area (TPSA) is 17.1 Å². The molecule has 0 radical (unpaired) electrons. The Labute approximate surface area is 184 Å². The Balaban J connectivity index is 1.60. The van der Waals surface area contributed by atoms with Gasteiger partial charge < -0.3 is 0 Å². The van der Waals surface area contributed by atoms with Crippen LogP contribution in [0.2, 0.25) is 0 Å². The number of allylic oxidation sites excluding steroid dienone is 8. The molecular formula is C29H42O. The predicted molar refractivity (Wildman–Crippen MR) is 127 cm³/mol. The van der Waals surface area contributed by atoms with Gasteiger partial charge in [0.05, 0.1) is 0 Å². The van der Waals surface area contributed by atoms with Crippen LogP contribution in [0, 0.1) is 34.5 Å². The summed E-state index contributed by atoms with van der Waals surface area (Å²) in [5, 5.41) is 0. The molecule has 0 aromatic carbocycles. The summed E-state index contributed by atoms with van der Waals surface area (Å²) in [6.45, 7) is 14.4. The maximum absolute atomic E-state index is 12.0. The van der Waals surface area contributed by atoms with E-state index in [0.29, 0.717) is 23.0 Å². The normalized spacial score (nSPS) is 37.1. The molecule has 164 valence electrons. The molecule has 0 amide bonds. The highest BCUT2D eigenvalue weighted by Crippen LogP contribution is 2.63. The molecule has 0 aromatic rings. The van der Waals surface area contributed by atoms with Crippen LogP contribution in [0.1, 0.15) is 92.9 Å². The first-order valence-corrected chi connectivity index (χ1v) is 12.5. The molecule has 4 rings (SSSR count). The molecule has 0 aromatic heterocycles. The summed E-state index contributed by atoms with van der Waals surface area (Å²) in [7, 11) is 0. The van der Waals surface area contributed by atoms with Crippen LogP contribution >= 0.6 is 0 Å². The van der Waals surface area contributed by atoms with E-state index in [1.54, 1.807) is 16.7 Å². The minimum absolute atomic E-state index is 0.175. The van der Waals surface area contributed by atoms with Crippen molar-refractivity contribution in [1.29, 1.82) is 0 Å². The highest BCUT2D eigenvalue weighted by atomic mass is 16.1. The third-order valence-electron chi connectivity index (χ3n) is 9.66. The van der Waals surface area contributed by atoms with Gasteiger partial charge in [0.1, 0.15) is 0 Å². The molecule has 0 unspecified atom stereocenters. The van der Waals surface area contributed by atoms with Gasteiger partial charge in [-0.1, -0.05) is 64.0 Å². The lowest BCUT2D eigenvalue weighted by atomic mass is 9.53. The molecule has 30 heavy (non-hydrogen) atoms. The minimum Gasteiger partial charge on any atom is -0.295 e. The molecule has 0 bridgehead atoms. The van der Waals surface area contributed by atoms with Crippen molar-refractivity contribution >= 4 is 5.78 Å². The van der Waals surface area contributed by atoms with E-state index in [2.05, 4.69) is 59.8 Å². The van der Waals surface area contributed by atoms with Crippen molar-refractivity contribution in [3.63, 3.8) is 0 Å². The molecule has 1 nitrogen and oxygen atoms in total. The average molecular weight is 407 g/mol. The van der Waals surface area contributed by atoms with Crippen LogP contribution in [0.4, 0.5) is 0 Å². The first-order valence-electron chi connectivity index (χ1n) is 12.5. The van der Waals surface area contributed by atoms with Crippen molar-refractivity contribution in [3.05, 3.63) is 46.6 Å². The van der Waals surface area contributed by atoms with Gasteiger partial charge in [0.2, 0.25) is 0 Å². The fourth-order valence-corrected chi connectivity index (χ4v) is 7.63. The second-order valence-electron chi connectivity index (χ2n) is 11.4. The number of carbonyl (C=O) groups excluding carboxylic acids is 1. The smallest absolute Gasteiger partial charge is 0.156 e. The molecular weight excluding hydrogens is 364 g/mol. The van der Waals surface area contributed by atoms with Crippen molar-refractivity contribution < 1.29 is 4.79 Å². The second-order valence-corrected chi connectivity index (χ2v) is 11.4. The van der Waals surface area contributed by atoms with E-state index < -0.39 is 0 Å². The van der Waals surface area contributed by atoms with Crippen LogP contribution in [0.25, 0.3) is 0 Å². The van der Waals surface area contributed by atoms with E-state index in [9.17, 15) is 4.79 Å². The summed E-state index contributed by atoms with van der Waals surface area (Å²) in [6, 6.07) is 0. The van der Waals surface area contributed by atoms with Gasteiger partial charge >= 0.3 is 0 Å². The third kappa shape index (κ3) is 3.41. The Bertz CT molecular complexity index is 834. The summed E-state index contributed by atoms with van der Waals surface area (Å²) >= 11 is 0. The van der Waals surface area contributed by atoms with Crippen molar-refractivity contribution in [2.45, 2.75) is 92.9 Å². The Morgan fingerprint density at radius 2 is 1.87 bits per heavy atom. The third-order valence-corrected chi connectivity index (χ3v) is 9.66. The van der Waals surface area contributed by atoms with E-state index in [1.807, 2.05) is 6.08 Å². The van der Waals surface area contributed by atoms with Gasteiger partial charge in [-0.05, 0) is 104 Å². The largest absolute Gasteiger partial charge is 0.295 e. The van der Waals surface area contributed by atoms with E-state index in [4.69, 9.17) is 0 Å². The maximum atomic E-state index is 12.0. The van der Waals surface area contributed by atoms with E-state index in [0.717, 1.165) is 24.7 Å². The van der Waals surface area contributed by atoms with E-state index in [-0.39, 0.29) is 5.41 Å². The van der Waals surface area contributed by atoms with Gasteiger partial charge in [-0.2, -0.15) is 0 Å². The number of ketones is 1. The van der Waals surface area contributed by atoms with Gasteiger partial charge in [0, 0.05) is 6.42 Å². The van der Waals surface area contributed by atoms with Crippen molar-refractivity contribution in [3.8, 4) is 0 Å². The zero-order chi connectivity index (χ0) is 21.7. The van der Waals surface area contributed by atoms with Crippen LogP contribution in [0.15, 0.2) is 46.6 Å². The number of hydrogen-bond acceptors (Lipinski definition) is 1.